The summed E-state index contributed by atoms with van der Waals surface area (Å²) >= 11 is 0. The molecular formula is C26H30N2O5. The maximum atomic E-state index is 13.0. The minimum atomic E-state index is -0.816. The number of nitrogens with zero attached hydrogens (tertiary/aromatic N) is 1. The Bertz CT molecular complexity index is 983. The molecule has 1 heterocycles. The molecule has 0 aromatic heterocycles. The third kappa shape index (κ3) is 4.87. The van der Waals surface area contributed by atoms with Crippen LogP contribution in [0.1, 0.15) is 49.7 Å². The number of benzene rings is 2. The minimum Gasteiger partial charge on any atom is -0.481 e. The smallest absolute Gasteiger partial charge is 0.407 e. The van der Waals surface area contributed by atoms with E-state index in [4.69, 9.17) is 9.84 Å². The summed E-state index contributed by atoms with van der Waals surface area (Å²) in [4.78, 5) is 38.5. The van der Waals surface area contributed by atoms with Gasteiger partial charge in [0.15, 0.2) is 0 Å². The van der Waals surface area contributed by atoms with Crippen LogP contribution >= 0.6 is 0 Å². The lowest BCUT2D eigenvalue weighted by molar-refractivity contribution is -0.146. The van der Waals surface area contributed by atoms with E-state index in [-0.39, 0.29) is 18.4 Å². The number of ether oxygens (including phenoxy) is 1. The summed E-state index contributed by atoms with van der Waals surface area (Å²) in [5, 5.41) is 11.9. The molecule has 174 valence electrons. The van der Waals surface area contributed by atoms with E-state index in [1.54, 1.807) is 4.90 Å². The second kappa shape index (κ2) is 10.1. The first-order chi connectivity index (χ1) is 16.0. The second-order valence-corrected chi connectivity index (χ2v) is 8.75. The van der Waals surface area contributed by atoms with E-state index < -0.39 is 24.0 Å². The fraction of sp³-hybridized carbons (Fsp3) is 0.423. The quantitative estimate of drug-likeness (QED) is 0.664. The van der Waals surface area contributed by atoms with Crippen molar-refractivity contribution in [1.82, 2.24) is 10.2 Å². The first-order valence-corrected chi connectivity index (χ1v) is 11.6. The molecule has 0 unspecified atom stereocenters. The summed E-state index contributed by atoms with van der Waals surface area (Å²) in [7, 11) is 0. The summed E-state index contributed by atoms with van der Waals surface area (Å²) in [6.45, 7) is 2.93. The SMILES string of the molecule is CCC[C@H](NC(=O)OCC1c2ccccc2-c2ccccc21)C(=O)N1CCC(C(=O)O)CC1. The number of carboxylic acid groups (broad SMARTS) is 1. The number of alkyl carbamates (subject to hydrolysis) is 1. The number of hydrogen-bond acceptors (Lipinski definition) is 4. The standard InChI is InChI=1S/C26H30N2O5/c1-2-7-23(24(29)28-14-12-17(13-15-28)25(30)31)27-26(32)33-16-22-20-10-5-3-8-18(20)19-9-4-6-11-21(19)22/h3-6,8-11,17,22-23H,2,7,12-16H2,1H3,(H,27,32)(H,30,31)/t23-/m0/s1. The topological polar surface area (TPSA) is 95.9 Å². The molecular weight excluding hydrogens is 420 g/mol. The van der Waals surface area contributed by atoms with Crippen LogP contribution < -0.4 is 5.32 Å². The Morgan fingerprint density at radius 1 is 1.03 bits per heavy atom. The second-order valence-electron chi connectivity index (χ2n) is 8.75. The Hall–Kier alpha value is -3.35. The molecule has 2 aromatic rings. The molecule has 0 radical (unpaired) electrons. The van der Waals surface area contributed by atoms with E-state index >= 15 is 0 Å². The fourth-order valence-corrected chi connectivity index (χ4v) is 4.90. The monoisotopic (exact) mass is 450 g/mol. The average Bonchev–Trinajstić information content (AvgIpc) is 3.16. The zero-order valence-electron chi connectivity index (χ0n) is 18.8. The summed E-state index contributed by atoms with van der Waals surface area (Å²) < 4.78 is 5.60. The van der Waals surface area contributed by atoms with Crippen molar-refractivity contribution in [3.8, 4) is 11.1 Å². The van der Waals surface area contributed by atoms with E-state index in [1.165, 1.54) is 0 Å². The normalized spacial score (nSPS) is 16.6. The van der Waals surface area contributed by atoms with Gasteiger partial charge in [-0.05, 0) is 41.5 Å². The highest BCUT2D eigenvalue weighted by molar-refractivity contribution is 5.86. The number of nitrogens with one attached hydrogen (secondary N) is 1. The average molecular weight is 451 g/mol. The van der Waals surface area contributed by atoms with Gasteiger partial charge in [0.25, 0.3) is 0 Å². The van der Waals surface area contributed by atoms with Gasteiger partial charge in [0.05, 0.1) is 5.92 Å². The maximum absolute atomic E-state index is 13.0. The van der Waals surface area contributed by atoms with Crippen molar-refractivity contribution in [1.29, 1.82) is 0 Å². The Kier molecular flexibility index (Phi) is 6.96. The van der Waals surface area contributed by atoms with Crippen molar-refractivity contribution in [2.45, 2.75) is 44.6 Å². The molecule has 0 bridgehead atoms. The predicted molar refractivity (Wildman–Crippen MR) is 124 cm³/mol. The molecule has 7 nitrogen and oxygen atoms in total. The zero-order chi connectivity index (χ0) is 23.4. The number of aliphatic carboxylic acids is 1. The van der Waals surface area contributed by atoms with Gasteiger partial charge in [-0.2, -0.15) is 0 Å². The van der Waals surface area contributed by atoms with Crippen molar-refractivity contribution in [2.75, 3.05) is 19.7 Å². The van der Waals surface area contributed by atoms with Gasteiger partial charge in [0, 0.05) is 19.0 Å². The molecule has 0 spiro atoms. The van der Waals surface area contributed by atoms with Gasteiger partial charge in [-0.15, -0.1) is 0 Å². The van der Waals surface area contributed by atoms with Crippen LogP contribution in [0.15, 0.2) is 48.5 Å². The van der Waals surface area contributed by atoms with Crippen LogP contribution in [0.2, 0.25) is 0 Å². The third-order valence-electron chi connectivity index (χ3n) is 6.67. The summed E-state index contributed by atoms with van der Waals surface area (Å²) in [6, 6.07) is 15.6. The largest absolute Gasteiger partial charge is 0.481 e. The van der Waals surface area contributed by atoms with Crippen molar-refractivity contribution in [2.24, 2.45) is 5.92 Å². The molecule has 2 aliphatic rings. The highest BCUT2D eigenvalue weighted by Gasteiger charge is 2.32. The van der Waals surface area contributed by atoms with E-state index in [0.29, 0.717) is 32.4 Å². The van der Waals surface area contributed by atoms with Crippen LogP contribution in [0.4, 0.5) is 4.79 Å². The van der Waals surface area contributed by atoms with E-state index in [1.807, 2.05) is 31.2 Å². The first-order valence-electron chi connectivity index (χ1n) is 11.6. The molecule has 4 rings (SSSR count). The minimum absolute atomic E-state index is 0.0430. The third-order valence-corrected chi connectivity index (χ3v) is 6.67. The maximum Gasteiger partial charge on any atom is 0.407 e. The van der Waals surface area contributed by atoms with Crippen LogP contribution in [0.5, 0.6) is 0 Å². The van der Waals surface area contributed by atoms with Gasteiger partial charge in [-0.1, -0.05) is 61.9 Å². The Morgan fingerprint density at radius 2 is 1.61 bits per heavy atom. The van der Waals surface area contributed by atoms with E-state index in [9.17, 15) is 14.4 Å². The van der Waals surface area contributed by atoms with Crippen molar-refractivity contribution < 1.29 is 24.2 Å². The lowest BCUT2D eigenvalue weighted by Gasteiger charge is -2.33. The van der Waals surface area contributed by atoms with Crippen molar-refractivity contribution in [3.63, 3.8) is 0 Å². The Balaban J connectivity index is 1.37. The molecule has 0 saturated carbocycles. The highest BCUT2D eigenvalue weighted by atomic mass is 16.5. The molecule has 1 saturated heterocycles. The number of piperidine rings is 1. The number of amides is 2. The molecule has 33 heavy (non-hydrogen) atoms. The van der Waals surface area contributed by atoms with Gasteiger partial charge < -0.3 is 20.1 Å². The summed E-state index contributed by atoms with van der Waals surface area (Å²) in [6.07, 6.45) is 1.49. The first kappa shape index (κ1) is 22.8. The molecule has 7 heteroatoms. The molecule has 1 atom stereocenters. The Morgan fingerprint density at radius 3 is 2.15 bits per heavy atom. The number of carbonyl (C=O) groups is 3. The van der Waals surface area contributed by atoms with Crippen LogP contribution in [-0.4, -0.2) is 53.7 Å². The van der Waals surface area contributed by atoms with Gasteiger partial charge in [0.2, 0.25) is 5.91 Å². The lowest BCUT2D eigenvalue weighted by Crippen LogP contribution is -2.51. The zero-order valence-corrected chi connectivity index (χ0v) is 18.8. The van der Waals surface area contributed by atoms with Crippen molar-refractivity contribution in [3.05, 3.63) is 59.7 Å². The highest BCUT2D eigenvalue weighted by Crippen LogP contribution is 2.44. The number of rotatable bonds is 7. The number of likely N-dealkylation sites (tertiary alicyclic amines) is 1. The van der Waals surface area contributed by atoms with Gasteiger partial charge >= 0.3 is 12.1 Å². The molecule has 1 aliphatic heterocycles. The number of carboxylic acids is 1. The van der Waals surface area contributed by atoms with Gasteiger partial charge in [0.1, 0.15) is 12.6 Å². The molecule has 2 N–H and O–H groups in total. The molecule has 1 fully saturated rings. The van der Waals surface area contributed by atoms with Gasteiger partial charge in [-0.25, -0.2) is 4.79 Å². The van der Waals surface area contributed by atoms with Crippen LogP contribution in [0.3, 0.4) is 0 Å². The van der Waals surface area contributed by atoms with E-state index in [2.05, 4.69) is 29.6 Å². The fourth-order valence-electron chi connectivity index (χ4n) is 4.90. The summed E-state index contributed by atoms with van der Waals surface area (Å²) in [5.74, 6) is -1.44. The van der Waals surface area contributed by atoms with Crippen molar-refractivity contribution >= 4 is 18.0 Å². The molecule has 2 aromatic carbocycles. The number of fused-ring (bicyclic) bond motifs is 3. The number of hydrogen-bond donors (Lipinski definition) is 2. The van der Waals surface area contributed by atoms with Gasteiger partial charge in [-0.3, -0.25) is 9.59 Å². The lowest BCUT2D eigenvalue weighted by atomic mass is 9.96. The van der Waals surface area contributed by atoms with Crippen LogP contribution in [-0.2, 0) is 14.3 Å². The molecule has 2 amide bonds. The predicted octanol–water partition coefficient (Wildman–Crippen LogP) is 4.02. The van der Waals surface area contributed by atoms with E-state index in [0.717, 1.165) is 28.7 Å². The van der Waals surface area contributed by atoms with Crippen LogP contribution in [0, 0.1) is 5.92 Å². The Labute approximate surface area is 193 Å². The molecule has 1 aliphatic carbocycles. The van der Waals surface area contributed by atoms with Crippen LogP contribution in [0.25, 0.3) is 11.1 Å². The summed E-state index contributed by atoms with van der Waals surface area (Å²) in [5.41, 5.74) is 4.58. The number of carbonyl (C=O) groups excluding carboxylic acids is 2.